The molecule has 13 heteroatoms. The molecule has 2 atom stereocenters. The van der Waals surface area contributed by atoms with E-state index in [1.807, 2.05) is 0 Å². The molecule has 0 spiro atoms. The summed E-state index contributed by atoms with van der Waals surface area (Å²) in [5, 5.41) is 0. The number of rotatable bonds is 10. The zero-order valence-corrected chi connectivity index (χ0v) is 18.0. The predicted octanol–water partition coefficient (Wildman–Crippen LogP) is 6.33. The van der Waals surface area contributed by atoms with Gasteiger partial charge in [0.15, 0.2) is 0 Å². The maximum atomic E-state index is 15.0. The van der Waals surface area contributed by atoms with E-state index in [1.165, 1.54) is 12.1 Å². The molecule has 184 valence electrons. The Bertz CT molecular complexity index is 836. The highest BCUT2D eigenvalue weighted by molar-refractivity contribution is 6.72. The second kappa shape index (κ2) is 9.26. The second-order valence-electron chi connectivity index (χ2n) is 6.97. The Balaban J connectivity index is 2.60. The fourth-order valence-corrected chi connectivity index (χ4v) is 5.98. The summed E-state index contributed by atoms with van der Waals surface area (Å²) in [6.45, 7) is 0. The van der Waals surface area contributed by atoms with Crippen molar-refractivity contribution in [3.8, 4) is 0 Å². The lowest BCUT2D eigenvalue weighted by atomic mass is 10.0. The lowest BCUT2D eigenvalue weighted by molar-refractivity contribution is -0.202. The third kappa shape index (κ3) is 4.25. The first-order valence-electron chi connectivity index (χ1n) is 9.15. The van der Waals surface area contributed by atoms with Gasteiger partial charge in [-0.3, -0.25) is 0 Å². The van der Waals surface area contributed by atoms with Crippen LogP contribution in [-0.2, 0) is 20.7 Å². The molecule has 0 aliphatic heterocycles. The van der Waals surface area contributed by atoms with Gasteiger partial charge in [0.1, 0.15) is 0 Å². The van der Waals surface area contributed by atoms with Crippen LogP contribution in [0.3, 0.4) is 0 Å². The van der Waals surface area contributed by atoms with Gasteiger partial charge < -0.3 is 8.85 Å². The van der Waals surface area contributed by atoms with Crippen molar-refractivity contribution in [1.82, 2.24) is 0 Å². The van der Waals surface area contributed by atoms with E-state index in [1.54, 1.807) is 0 Å². The maximum Gasteiger partial charge on any atom is 0.493 e. The van der Waals surface area contributed by atoms with Crippen LogP contribution in [0.4, 0.5) is 43.9 Å². The van der Waals surface area contributed by atoms with Gasteiger partial charge in [0.05, 0.1) is 0 Å². The first kappa shape index (κ1) is 27.1. The van der Waals surface area contributed by atoms with E-state index in [4.69, 9.17) is 0 Å². The van der Waals surface area contributed by atoms with Crippen LogP contribution in [0.15, 0.2) is 60.7 Å². The van der Waals surface area contributed by atoms with Gasteiger partial charge in [0.25, 0.3) is 0 Å². The minimum atomic E-state index is -7.19. The monoisotopic (exact) mass is 508 g/mol. The standard InChI is InChI=1S/C20H18F10O2Si/c1-31-33(32-2,19(27,28)15(21)17(23,24)13-9-5-3-6-10-13)20(29,30)16(22)18(25,26)14-11-7-4-8-12-14/h3-12,15-16H,1-2H3. The van der Waals surface area contributed by atoms with E-state index in [2.05, 4.69) is 8.85 Å². The minimum Gasteiger partial charge on any atom is -0.391 e. The largest absolute Gasteiger partial charge is 0.493 e. The maximum absolute atomic E-state index is 15.0. The molecule has 0 saturated carbocycles. The molecular formula is C20H18F10O2Si. The number of hydrogen-bond acceptors (Lipinski definition) is 2. The molecule has 2 rings (SSSR count). The highest BCUT2D eigenvalue weighted by atomic mass is 28.4. The minimum absolute atomic E-state index is 0.0955. The topological polar surface area (TPSA) is 18.5 Å². The van der Waals surface area contributed by atoms with Crippen LogP contribution in [0.1, 0.15) is 11.1 Å². The average molecular weight is 508 g/mol. The van der Waals surface area contributed by atoms with Gasteiger partial charge in [-0.25, -0.2) is 26.3 Å². The summed E-state index contributed by atoms with van der Waals surface area (Å²) in [5.41, 5.74) is -14.4. The molecule has 0 aliphatic carbocycles. The Labute approximate surface area is 183 Å². The Hall–Kier alpha value is -2.12. The lowest BCUT2D eigenvalue weighted by Crippen LogP contribution is -2.76. The molecule has 0 bridgehead atoms. The van der Waals surface area contributed by atoms with Crippen LogP contribution in [-0.4, -0.2) is 46.2 Å². The third-order valence-corrected chi connectivity index (χ3v) is 8.46. The summed E-state index contributed by atoms with van der Waals surface area (Å²) < 4.78 is 155. The summed E-state index contributed by atoms with van der Waals surface area (Å²) in [5.74, 6) is -10.2. The highest BCUT2D eigenvalue weighted by Crippen LogP contribution is 2.53. The van der Waals surface area contributed by atoms with Crippen molar-refractivity contribution >= 4 is 8.56 Å². The molecule has 0 aliphatic rings. The molecule has 2 nitrogen and oxygen atoms in total. The first-order valence-corrected chi connectivity index (χ1v) is 11.0. The second-order valence-corrected chi connectivity index (χ2v) is 10.4. The number of hydrogen-bond donors (Lipinski definition) is 0. The molecule has 0 aromatic heterocycles. The predicted molar refractivity (Wildman–Crippen MR) is 100 cm³/mol. The van der Waals surface area contributed by atoms with E-state index in [-0.39, 0.29) is 14.2 Å². The quantitative estimate of drug-likeness (QED) is 0.276. The van der Waals surface area contributed by atoms with Crippen molar-refractivity contribution in [3.63, 3.8) is 0 Å². The molecule has 0 radical (unpaired) electrons. The van der Waals surface area contributed by atoms with Gasteiger partial charge >= 0.3 is 31.5 Å². The number of benzene rings is 2. The summed E-state index contributed by atoms with van der Waals surface area (Å²) in [6.07, 6.45) is -9.47. The summed E-state index contributed by atoms with van der Waals surface area (Å²) in [4.78, 5) is 0. The number of halogens is 10. The van der Waals surface area contributed by atoms with Gasteiger partial charge in [-0.2, -0.15) is 17.6 Å². The normalized spacial score (nSPS) is 15.9. The molecule has 0 heterocycles. The summed E-state index contributed by atoms with van der Waals surface area (Å²) in [6, 6.07) is 8.35. The van der Waals surface area contributed by atoms with Crippen molar-refractivity contribution in [3.05, 3.63) is 71.8 Å². The van der Waals surface area contributed by atoms with Crippen LogP contribution in [0, 0.1) is 0 Å². The van der Waals surface area contributed by atoms with E-state index in [0.29, 0.717) is 24.3 Å². The van der Waals surface area contributed by atoms with Crippen LogP contribution in [0.25, 0.3) is 0 Å². The van der Waals surface area contributed by atoms with E-state index >= 15 is 17.6 Å². The molecule has 0 fully saturated rings. The molecule has 2 aromatic carbocycles. The summed E-state index contributed by atoms with van der Waals surface area (Å²) >= 11 is 0. The Morgan fingerprint density at radius 3 is 1.09 bits per heavy atom. The molecule has 33 heavy (non-hydrogen) atoms. The van der Waals surface area contributed by atoms with Crippen molar-refractivity contribution in [2.75, 3.05) is 14.2 Å². The molecule has 0 amide bonds. The molecule has 2 aromatic rings. The van der Waals surface area contributed by atoms with Crippen molar-refractivity contribution in [2.24, 2.45) is 0 Å². The molecule has 2 unspecified atom stereocenters. The van der Waals surface area contributed by atoms with E-state index < -0.39 is 55.0 Å². The van der Waals surface area contributed by atoms with Crippen LogP contribution in [0.2, 0.25) is 0 Å². The smallest absolute Gasteiger partial charge is 0.391 e. The van der Waals surface area contributed by atoms with Crippen LogP contribution < -0.4 is 0 Å². The zero-order chi connectivity index (χ0) is 25.3. The zero-order valence-electron chi connectivity index (χ0n) is 17.0. The Morgan fingerprint density at radius 1 is 0.576 bits per heavy atom. The van der Waals surface area contributed by atoms with E-state index in [0.717, 1.165) is 24.3 Å². The molecule has 0 N–H and O–H groups in total. The van der Waals surface area contributed by atoms with Crippen LogP contribution >= 0.6 is 0 Å². The fourth-order valence-electron chi connectivity index (χ4n) is 3.25. The lowest BCUT2D eigenvalue weighted by Gasteiger charge is -2.43. The fraction of sp³-hybridized carbons (Fsp3) is 0.400. The van der Waals surface area contributed by atoms with Gasteiger partial charge in [-0.1, -0.05) is 60.7 Å². The molecule has 0 saturated heterocycles. The van der Waals surface area contributed by atoms with Gasteiger partial charge in [-0.15, -0.1) is 0 Å². The number of alkyl halides is 10. The SMILES string of the molecule is CO[Si](OC)(C(F)(F)C(F)C(F)(F)c1ccccc1)C(F)(F)C(F)C(F)(F)c1ccccc1. The summed E-state index contributed by atoms with van der Waals surface area (Å²) in [7, 11) is -7.00. The average Bonchev–Trinajstić information content (AvgIpc) is 2.79. The molecular weight excluding hydrogens is 490 g/mol. The van der Waals surface area contributed by atoms with Gasteiger partial charge in [0.2, 0.25) is 12.3 Å². The van der Waals surface area contributed by atoms with Crippen molar-refractivity contribution in [2.45, 2.75) is 35.3 Å². The third-order valence-electron chi connectivity index (χ3n) is 5.04. The van der Waals surface area contributed by atoms with Gasteiger partial charge in [-0.05, 0) is 0 Å². The van der Waals surface area contributed by atoms with Crippen LogP contribution in [0.5, 0.6) is 0 Å². The first-order chi connectivity index (χ1) is 15.1. The Morgan fingerprint density at radius 2 is 0.848 bits per heavy atom. The van der Waals surface area contributed by atoms with E-state index in [9.17, 15) is 26.3 Å². The van der Waals surface area contributed by atoms with Gasteiger partial charge in [0, 0.05) is 25.3 Å². The van der Waals surface area contributed by atoms with Crippen molar-refractivity contribution < 1.29 is 52.8 Å². The van der Waals surface area contributed by atoms with Crippen molar-refractivity contribution in [1.29, 1.82) is 0 Å². The highest BCUT2D eigenvalue weighted by Gasteiger charge is 2.85. The Kier molecular flexibility index (Phi) is 7.61.